The number of hydrogen-bond acceptors (Lipinski definition) is 5. The topological polar surface area (TPSA) is 73.2 Å². The molecule has 1 aliphatic heterocycles. The van der Waals surface area contributed by atoms with Crippen molar-refractivity contribution in [3.63, 3.8) is 0 Å². The van der Waals surface area contributed by atoms with Gasteiger partial charge in [-0.2, -0.15) is 0 Å². The molecular formula is C18H21N3O3S. The van der Waals surface area contributed by atoms with Crippen LogP contribution in [0.3, 0.4) is 0 Å². The lowest BCUT2D eigenvalue weighted by Gasteiger charge is -2.16. The summed E-state index contributed by atoms with van der Waals surface area (Å²) in [5.74, 6) is 0.269. The van der Waals surface area contributed by atoms with E-state index in [4.69, 9.17) is 4.74 Å². The third-order valence-corrected chi connectivity index (χ3v) is 5.49. The summed E-state index contributed by atoms with van der Waals surface area (Å²) in [7, 11) is 0. The number of nitrogens with zero attached hydrogens (tertiary/aromatic N) is 2. The number of carbonyl (C=O) groups excluding carboxylic acids is 1. The van der Waals surface area contributed by atoms with Gasteiger partial charge in [0.1, 0.15) is 0 Å². The van der Waals surface area contributed by atoms with Crippen molar-refractivity contribution in [2.45, 2.75) is 49.5 Å². The van der Waals surface area contributed by atoms with Crippen molar-refractivity contribution in [3.8, 4) is 0 Å². The first-order valence-electron chi connectivity index (χ1n) is 8.74. The highest BCUT2D eigenvalue weighted by Crippen LogP contribution is 2.22. The van der Waals surface area contributed by atoms with E-state index >= 15 is 0 Å². The van der Waals surface area contributed by atoms with E-state index in [1.54, 1.807) is 10.6 Å². The second kappa shape index (κ2) is 7.17. The Bertz CT molecular complexity index is 841. The molecule has 6 nitrogen and oxygen atoms in total. The minimum Gasteiger partial charge on any atom is -0.376 e. The number of carbonyl (C=O) groups is 1. The fraction of sp³-hybridized carbons (Fsp3) is 0.500. The summed E-state index contributed by atoms with van der Waals surface area (Å²) in [6.07, 6.45) is 4.14. The number of ether oxygens (including phenoxy) is 1. The highest BCUT2D eigenvalue weighted by atomic mass is 32.2. The van der Waals surface area contributed by atoms with Gasteiger partial charge in [0, 0.05) is 12.6 Å². The average Bonchev–Trinajstić information content (AvgIpc) is 3.27. The van der Waals surface area contributed by atoms with Crippen LogP contribution in [0.4, 0.5) is 0 Å². The normalized spacial score (nSPS) is 20.1. The maximum atomic E-state index is 12.9. The Morgan fingerprint density at radius 3 is 2.92 bits per heavy atom. The maximum absolute atomic E-state index is 12.9. The number of nitrogens with one attached hydrogen (secondary N) is 1. The van der Waals surface area contributed by atoms with Gasteiger partial charge in [-0.25, -0.2) is 4.98 Å². The van der Waals surface area contributed by atoms with Crippen molar-refractivity contribution in [2.75, 3.05) is 12.4 Å². The lowest BCUT2D eigenvalue weighted by atomic mass is 10.2. The Kier molecular flexibility index (Phi) is 4.76. The molecule has 0 spiro atoms. The molecule has 0 unspecified atom stereocenters. The Balaban J connectivity index is 1.61. The first kappa shape index (κ1) is 16.6. The maximum Gasteiger partial charge on any atom is 0.262 e. The number of rotatable bonds is 6. The number of amides is 1. The van der Waals surface area contributed by atoms with Crippen molar-refractivity contribution >= 4 is 28.6 Å². The van der Waals surface area contributed by atoms with Crippen molar-refractivity contribution in [1.82, 2.24) is 14.9 Å². The van der Waals surface area contributed by atoms with E-state index in [2.05, 4.69) is 10.3 Å². The molecule has 1 saturated carbocycles. The SMILES string of the molecule is O=C(CSc1nc2ccccc2c(=O)n1C[C@@H]1CCCO1)NC1CC1. The molecule has 1 aromatic heterocycles. The summed E-state index contributed by atoms with van der Waals surface area (Å²) in [6.45, 7) is 1.23. The molecule has 0 radical (unpaired) electrons. The molecule has 132 valence electrons. The minimum absolute atomic E-state index is 0.00132. The fourth-order valence-electron chi connectivity index (χ4n) is 3.04. The molecule has 4 rings (SSSR count). The number of hydrogen-bond donors (Lipinski definition) is 1. The summed E-state index contributed by atoms with van der Waals surface area (Å²) in [6, 6.07) is 7.68. The third kappa shape index (κ3) is 3.88. The summed E-state index contributed by atoms with van der Waals surface area (Å²) in [4.78, 5) is 29.6. The van der Waals surface area contributed by atoms with E-state index in [9.17, 15) is 9.59 Å². The molecule has 2 fully saturated rings. The minimum atomic E-state index is -0.0637. The zero-order chi connectivity index (χ0) is 17.2. The molecule has 2 aliphatic rings. The van der Waals surface area contributed by atoms with Crippen LogP contribution in [-0.4, -0.2) is 40.0 Å². The van der Waals surface area contributed by atoms with Gasteiger partial charge in [-0.15, -0.1) is 0 Å². The van der Waals surface area contributed by atoms with Gasteiger partial charge < -0.3 is 10.1 Å². The highest BCUT2D eigenvalue weighted by molar-refractivity contribution is 7.99. The molecule has 1 atom stereocenters. The Labute approximate surface area is 150 Å². The van der Waals surface area contributed by atoms with Crippen LogP contribution in [0.1, 0.15) is 25.7 Å². The van der Waals surface area contributed by atoms with Crippen LogP contribution in [0.5, 0.6) is 0 Å². The van der Waals surface area contributed by atoms with Crippen LogP contribution in [0, 0.1) is 0 Å². The van der Waals surface area contributed by atoms with E-state index < -0.39 is 0 Å². The molecular weight excluding hydrogens is 338 g/mol. The Morgan fingerprint density at radius 1 is 1.32 bits per heavy atom. The van der Waals surface area contributed by atoms with E-state index in [0.29, 0.717) is 28.6 Å². The summed E-state index contributed by atoms with van der Waals surface area (Å²) in [5, 5.41) is 4.16. The second-order valence-electron chi connectivity index (χ2n) is 6.59. The van der Waals surface area contributed by atoms with Crippen LogP contribution < -0.4 is 10.9 Å². The molecule has 1 aliphatic carbocycles. The predicted molar refractivity (Wildman–Crippen MR) is 96.9 cm³/mol. The largest absolute Gasteiger partial charge is 0.376 e. The van der Waals surface area contributed by atoms with Gasteiger partial charge in [-0.3, -0.25) is 14.2 Å². The van der Waals surface area contributed by atoms with Gasteiger partial charge in [-0.1, -0.05) is 23.9 Å². The van der Waals surface area contributed by atoms with E-state index in [0.717, 1.165) is 32.3 Å². The van der Waals surface area contributed by atoms with Crippen LogP contribution in [0.25, 0.3) is 10.9 Å². The number of benzene rings is 1. The first-order chi connectivity index (χ1) is 12.2. The molecule has 1 amide bonds. The number of fused-ring (bicyclic) bond motifs is 1. The Hall–Kier alpha value is -1.86. The zero-order valence-electron chi connectivity index (χ0n) is 13.9. The fourth-order valence-corrected chi connectivity index (χ4v) is 3.86. The van der Waals surface area contributed by atoms with Crippen LogP contribution >= 0.6 is 11.8 Å². The van der Waals surface area contributed by atoms with E-state index in [1.165, 1.54) is 11.8 Å². The lowest BCUT2D eigenvalue weighted by molar-refractivity contribution is -0.118. The molecule has 1 N–H and O–H groups in total. The van der Waals surface area contributed by atoms with Crippen molar-refractivity contribution < 1.29 is 9.53 Å². The summed E-state index contributed by atoms with van der Waals surface area (Å²) in [5.41, 5.74) is 0.604. The standard InChI is InChI=1S/C18H21N3O3S/c22-16(19-12-7-8-12)11-25-18-20-15-6-2-1-5-14(15)17(23)21(18)10-13-4-3-9-24-13/h1-2,5-6,12-13H,3-4,7-11H2,(H,19,22)/t13-/m0/s1. The van der Waals surface area contributed by atoms with E-state index in [1.807, 2.05) is 18.2 Å². The average molecular weight is 359 g/mol. The molecule has 7 heteroatoms. The third-order valence-electron chi connectivity index (χ3n) is 4.51. The quantitative estimate of drug-likeness (QED) is 0.630. The smallest absolute Gasteiger partial charge is 0.262 e. The van der Waals surface area contributed by atoms with Crippen LogP contribution in [0.15, 0.2) is 34.2 Å². The number of aromatic nitrogens is 2. The lowest BCUT2D eigenvalue weighted by Crippen LogP contribution is -2.30. The molecule has 2 aromatic rings. The van der Waals surface area contributed by atoms with Crippen molar-refractivity contribution in [2.24, 2.45) is 0 Å². The molecule has 25 heavy (non-hydrogen) atoms. The number of para-hydroxylation sites is 1. The first-order valence-corrected chi connectivity index (χ1v) is 9.72. The van der Waals surface area contributed by atoms with Gasteiger partial charge >= 0.3 is 0 Å². The zero-order valence-corrected chi connectivity index (χ0v) is 14.8. The van der Waals surface area contributed by atoms with Crippen LogP contribution in [-0.2, 0) is 16.1 Å². The van der Waals surface area contributed by atoms with Gasteiger partial charge in [0.25, 0.3) is 5.56 Å². The predicted octanol–water partition coefficient (Wildman–Crippen LogP) is 1.95. The van der Waals surface area contributed by atoms with Gasteiger partial charge in [-0.05, 0) is 37.8 Å². The molecule has 1 saturated heterocycles. The molecule has 0 bridgehead atoms. The van der Waals surface area contributed by atoms with Gasteiger partial charge in [0.15, 0.2) is 5.16 Å². The van der Waals surface area contributed by atoms with Crippen molar-refractivity contribution in [1.29, 1.82) is 0 Å². The second-order valence-corrected chi connectivity index (χ2v) is 7.54. The van der Waals surface area contributed by atoms with Crippen LogP contribution in [0.2, 0.25) is 0 Å². The summed E-state index contributed by atoms with van der Waals surface area (Å²) >= 11 is 1.32. The monoisotopic (exact) mass is 359 g/mol. The van der Waals surface area contributed by atoms with Gasteiger partial charge in [0.05, 0.1) is 29.3 Å². The summed E-state index contributed by atoms with van der Waals surface area (Å²) < 4.78 is 7.36. The van der Waals surface area contributed by atoms with E-state index in [-0.39, 0.29) is 23.3 Å². The van der Waals surface area contributed by atoms with Crippen molar-refractivity contribution in [3.05, 3.63) is 34.6 Å². The molecule has 2 heterocycles. The Morgan fingerprint density at radius 2 is 2.16 bits per heavy atom. The highest BCUT2D eigenvalue weighted by Gasteiger charge is 2.24. The molecule has 1 aromatic carbocycles. The number of thioether (sulfide) groups is 1. The van der Waals surface area contributed by atoms with Gasteiger partial charge in [0.2, 0.25) is 5.91 Å².